The second-order valence-corrected chi connectivity index (χ2v) is 12.9. The number of anilines is 1. The van der Waals surface area contributed by atoms with Gasteiger partial charge < -0.3 is 10.1 Å². The Morgan fingerprint density at radius 2 is 1.77 bits per heavy atom. The average molecular weight is 587 g/mol. The van der Waals surface area contributed by atoms with Gasteiger partial charge in [0.25, 0.3) is 5.91 Å². The largest absolute Gasteiger partial charge is 0.373 e. The Kier molecular flexibility index (Phi) is 9.11. The molecular weight excluding hydrogens is 556 g/mol. The predicted molar refractivity (Wildman–Crippen MR) is 154 cm³/mol. The fraction of sp³-hybridized carbons (Fsp3) is 0.357. The summed E-state index contributed by atoms with van der Waals surface area (Å²) in [5.74, 6) is -0.376. The van der Waals surface area contributed by atoms with Crippen LogP contribution in [0.4, 0.5) is 5.00 Å². The van der Waals surface area contributed by atoms with Gasteiger partial charge in [-0.05, 0) is 55.7 Å². The molecule has 0 saturated carbocycles. The molecule has 1 N–H and O–H groups in total. The second-order valence-electron chi connectivity index (χ2n) is 9.82. The molecule has 3 aromatic rings. The van der Waals surface area contributed by atoms with Crippen molar-refractivity contribution in [1.82, 2.24) is 9.21 Å². The molecule has 11 heteroatoms. The fourth-order valence-corrected chi connectivity index (χ4v) is 7.89. The van der Waals surface area contributed by atoms with Crippen molar-refractivity contribution in [1.29, 1.82) is 5.26 Å². The summed E-state index contributed by atoms with van der Waals surface area (Å²) in [7, 11) is -3.69. The van der Waals surface area contributed by atoms with Gasteiger partial charge in [0.15, 0.2) is 0 Å². The van der Waals surface area contributed by atoms with Crippen molar-refractivity contribution in [2.75, 3.05) is 25.0 Å². The van der Waals surface area contributed by atoms with E-state index in [1.54, 1.807) is 0 Å². The van der Waals surface area contributed by atoms with Crippen LogP contribution >= 0.6 is 23.7 Å². The molecule has 0 aliphatic carbocycles. The van der Waals surface area contributed by atoms with Crippen LogP contribution in [0.5, 0.6) is 0 Å². The maximum absolute atomic E-state index is 13.1. The van der Waals surface area contributed by atoms with Crippen LogP contribution in [0.1, 0.15) is 45.8 Å². The molecule has 2 aliphatic heterocycles. The molecule has 206 valence electrons. The van der Waals surface area contributed by atoms with E-state index in [0.29, 0.717) is 16.1 Å². The Labute approximate surface area is 239 Å². The third kappa shape index (κ3) is 6.35. The van der Waals surface area contributed by atoms with Crippen LogP contribution in [-0.2, 0) is 34.3 Å². The minimum atomic E-state index is -3.69. The van der Waals surface area contributed by atoms with Gasteiger partial charge in [0.1, 0.15) is 11.1 Å². The highest BCUT2D eigenvalue weighted by Gasteiger charge is 2.32. The van der Waals surface area contributed by atoms with E-state index in [0.717, 1.165) is 36.5 Å². The van der Waals surface area contributed by atoms with Gasteiger partial charge in [0.05, 0.1) is 22.7 Å². The van der Waals surface area contributed by atoms with Gasteiger partial charge in [-0.15, -0.1) is 23.7 Å². The molecule has 1 fully saturated rings. The van der Waals surface area contributed by atoms with Crippen molar-refractivity contribution in [3.05, 3.63) is 81.7 Å². The zero-order chi connectivity index (χ0) is 26.9. The molecule has 0 spiro atoms. The Bertz CT molecular complexity index is 1460. The molecular formula is C28H31ClN4O4S2. The van der Waals surface area contributed by atoms with Crippen LogP contribution in [-0.4, -0.2) is 55.4 Å². The molecule has 2 aliphatic rings. The van der Waals surface area contributed by atoms with E-state index >= 15 is 0 Å². The highest BCUT2D eigenvalue weighted by molar-refractivity contribution is 7.89. The minimum absolute atomic E-state index is 0. The zero-order valence-electron chi connectivity index (χ0n) is 21.8. The smallest absolute Gasteiger partial charge is 0.256 e. The summed E-state index contributed by atoms with van der Waals surface area (Å²) in [4.78, 5) is 16.6. The number of amides is 1. The highest BCUT2D eigenvalue weighted by atomic mass is 35.5. The van der Waals surface area contributed by atoms with E-state index in [1.165, 1.54) is 45.5 Å². The van der Waals surface area contributed by atoms with Gasteiger partial charge in [-0.3, -0.25) is 9.69 Å². The second kappa shape index (κ2) is 12.2. The normalized spacial score (nSPS) is 19.9. The van der Waals surface area contributed by atoms with Crippen molar-refractivity contribution in [2.24, 2.45) is 0 Å². The van der Waals surface area contributed by atoms with Crippen molar-refractivity contribution in [3.8, 4) is 6.07 Å². The standard InChI is InChI=1S/C28H30N4O4S2.ClH/c1-19-15-32(16-20(2)36-19)38(34,35)23-10-8-22(9-11-23)27(33)30-28-25(14-29)24-12-13-31(18-26(24)37-28)17-21-6-4-3-5-7-21;/h3-11,19-20H,12-13,15-18H2,1-2H3,(H,30,33);1H. The molecule has 8 nitrogen and oxygen atoms in total. The van der Waals surface area contributed by atoms with Crippen LogP contribution in [0.3, 0.4) is 0 Å². The highest BCUT2D eigenvalue weighted by Crippen LogP contribution is 2.37. The van der Waals surface area contributed by atoms with E-state index in [9.17, 15) is 18.5 Å². The minimum Gasteiger partial charge on any atom is -0.373 e. The number of nitriles is 1. The lowest BCUT2D eigenvalue weighted by molar-refractivity contribution is -0.0440. The maximum atomic E-state index is 13.1. The number of carbonyl (C=O) groups excluding carboxylic acids is 1. The van der Waals surface area contributed by atoms with Crippen LogP contribution in [0.2, 0.25) is 0 Å². The summed E-state index contributed by atoms with van der Waals surface area (Å²) < 4.78 is 33.3. The fourth-order valence-electron chi connectivity index (χ4n) is 5.07. The zero-order valence-corrected chi connectivity index (χ0v) is 24.2. The van der Waals surface area contributed by atoms with Gasteiger partial charge >= 0.3 is 0 Å². The van der Waals surface area contributed by atoms with E-state index in [1.807, 2.05) is 32.0 Å². The molecule has 2 aromatic carbocycles. The molecule has 1 aromatic heterocycles. The predicted octanol–water partition coefficient (Wildman–Crippen LogP) is 4.65. The van der Waals surface area contributed by atoms with Crippen molar-refractivity contribution in [3.63, 3.8) is 0 Å². The number of nitrogens with one attached hydrogen (secondary N) is 1. The van der Waals surface area contributed by atoms with Crippen LogP contribution in [0.15, 0.2) is 59.5 Å². The van der Waals surface area contributed by atoms with E-state index < -0.39 is 10.0 Å². The number of benzene rings is 2. The van der Waals surface area contributed by atoms with Gasteiger partial charge in [-0.25, -0.2) is 8.42 Å². The van der Waals surface area contributed by atoms with Gasteiger partial charge in [0.2, 0.25) is 10.0 Å². The maximum Gasteiger partial charge on any atom is 0.256 e. The molecule has 5 rings (SSSR count). The topological polar surface area (TPSA) is 103 Å². The lowest BCUT2D eigenvalue weighted by Gasteiger charge is -2.34. The molecule has 3 heterocycles. The first-order valence-electron chi connectivity index (χ1n) is 12.6. The molecule has 0 radical (unpaired) electrons. The first-order valence-corrected chi connectivity index (χ1v) is 14.9. The number of hydrogen-bond acceptors (Lipinski definition) is 7. The van der Waals surface area contributed by atoms with E-state index in [4.69, 9.17) is 4.74 Å². The number of thiophene rings is 1. The van der Waals surface area contributed by atoms with Gasteiger partial charge in [-0.2, -0.15) is 9.57 Å². The Hall–Kier alpha value is -2.78. The molecule has 39 heavy (non-hydrogen) atoms. The molecule has 1 amide bonds. The number of carbonyl (C=O) groups is 1. The number of fused-ring (bicyclic) bond motifs is 1. The SMILES string of the molecule is CC1CN(S(=O)(=O)c2ccc(C(=O)Nc3sc4c(c3C#N)CCN(Cc3ccccc3)C4)cc2)CC(C)O1.Cl. The van der Waals surface area contributed by atoms with Crippen LogP contribution < -0.4 is 5.32 Å². The van der Waals surface area contributed by atoms with E-state index in [2.05, 4.69) is 28.4 Å². The molecule has 1 saturated heterocycles. The van der Waals surface area contributed by atoms with Gasteiger partial charge in [0, 0.05) is 43.2 Å². The van der Waals surface area contributed by atoms with Crippen molar-refractivity contribution >= 4 is 44.7 Å². The first kappa shape index (κ1) is 29.2. The van der Waals surface area contributed by atoms with Crippen molar-refractivity contribution < 1.29 is 17.9 Å². The number of halogens is 1. The third-order valence-electron chi connectivity index (χ3n) is 6.86. The molecule has 2 atom stereocenters. The Morgan fingerprint density at radius 1 is 1.10 bits per heavy atom. The number of nitrogens with zero attached hydrogens (tertiary/aromatic N) is 3. The quantitative estimate of drug-likeness (QED) is 0.451. The first-order chi connectivity index (χ1) is 18.2. The number of rotatable bonds is 6. The van der Waals surface area contributed by atoms with Crippen molar-refractivity contribution in [2.45, 2.75) is 50.5 Å². The summed E-state index contributed by atoms with van der Waals surface area (Å²) in [6.45, 7) is 6.69. The Balaban J connectivity index is 0.00000353. The number of sulfonamides is 1. The van der Waals surface area contributed by atoms with Crippen LogP contribution in [0, 0.1) is 11.3 Å². The lowest BCUT2D eigenvalue weighted by atomic mass is 10.0. The summed E-state index contributed by atoms with van der Waals surface area (Å²) in [6.07, 6.45) is 0.382. The lowest BCUT2D eigenvalue weighted by Crippen LogP contribution is -2.48. The molecule has 2 unspecified atom stereocenters. The molecule has 0 bridgehead atoms. The summed E-state index contributed by atoms with van der Waals surface area (Å²) in [6, 6.07) is 18.5. The number of hydrogen-bond donors (Lipinski definition) is 1. The Morgan fingerprint density at radius 3 is 2.41 bits per heavy atom. The van der Waals surface area contributed by atoms with Crippen LogP contribution in [0.25, 0.3) is 0 Å². The summed E-state index contributed by atoms with van der Waals surface area (Å²) >= 11 is 1.44. The van der Waals surface area contributed by atoms with Gasteiger partial charge in [-0.1, -0.05) is 30.3 Å². The summed E-state index contributed by atoms with van der Waals surface area (Å²) in [5.41, 5.74) is 3.10. The number of morpholine rings is 1. The number of ether oxygens (including phenoxy) is 1. The monoisotopic (exact) mass is 586 g/mol. The average Bonchev–Trinajstić information content (AvgIpc) is 3.24. The van der Waals surface area contributed by atoms with E-state index in [-0.39, 0.29) is 48.5 Å². The summed E-state index contributed by atoms with van der Waals surface area (Å²) in [5, 5.41) is 13.3. The third-order valence-corrected chi connectivity index (χ3v) is 9.84.